The molecule has 0 unspecified atom stereocenters. The van der Waals surface area contributed by atoms with Gasteiger partial charge in [-0.15, -0.1) is 11.3 Å². The Balaban J connectivity index is 1.62. The van der Waals surface area contributed by atoms with Crippen molar-refractivity contribution in [1.82, 2.24) is 5.16 Å². The number of thiophene rings is 1. The summed E-state index contributed by atoms with van der Waals surface area (Å²) in [6.45, 7) is 2.10. The molecule has 2 aromatic heterocycles. The van der Waals surface area contributed by atoms with E-state index >= 15 is 0 Å². The summed E-state index contributed by atoms with van der Waals surface area (Å²) in [6, 6.07) is 15.4. The summed E-state index contributed by atoms with van der Waals surface area (Å²) in [4.78, 5) is 13.3. The number of carbonyl (C=O) groups excluding carboxylic acids is 1. The summed E-state index contributed by atoms with van der Waals surface area (Å²) < 4.78 is 10.7. The van der Waals surface area contributed by atoms with Crippen molar-refractivity contribution in [3.8, 4) is 10.6 Å². The third kappa shape index (κ3) is 3.68. The van der Waals surface area contributed by atoms with E-state index in [-0.39, 0.29) is 18.5 Å². The van der Waals surface area contributed by atoms with Crippen LogP contribution in [0, 0.1) is 0 Å². The average molecular weight is 327 g/mol. The lowest BCUT2D eigenvalue weighted by Crippen LogP contribution is -2.15. The number of benzene rings is 1. The van der Waals surface area contributed by atoms with Gasteiger partial charge in [0.2, 0.25) is 0 Å². The van der Waals surface area contributed by atoms with Gasteiger partial charge in [-0.2, -0.15) is 0 Å². The van der Waals surface area contributed by atoms with Crippen LogP contribution < -0.4 is 0 Å². The van der Waals surface area contributed by atoms with E-state index in [1.807, 2.05) is 60.8 Å². The second-order valence-electron chi connectivity index (χ2n) is 5.14. The van der Waals surface area contributed by atoms with Gasteiger partial charge in [0.15, 0.2) is 5.76 Å². The van der Waals surface area contributed by atoms with Crippen LogP contribution in [0.15, 0.2) is 58.4 Å². The quantitative estimate of drug-likeness (QED) is 0.619. The molecule has 0 spiro atoms. The molecule has 0 N–H and O–H groups in total. The van der Waals surface area contributed by atoms with Gasteiger partial charge in [-0.3, -0.25) is 4.79 Å². The van der Waals surface area contributed by atoms with Gasteiger partial charge in [-0.1, -0.05) is 48.5 Å². The molecule has 0 saturated heterocycles. The summed E-state index contributed by atoms with van der Waals surface area (Å²) in [5.74, 6) is 0.209. The molecular formula is C18H17NO3S. The van der Waals surface area contributed by atoms with Gasteiger partial charge in [-0.25, -0.2) is 0 Å². The van der Waals surface area contributed by atoms with E-state index in [0.717, 1.165) is 10.4 Å². The third-order valence-electron chi connectivity index (χ3n) is 3.58. The number of aromatic nitrogens is 1. The molecule has 118 valence electrons. The first-order valence-corrected chi connectivity index (χ1v) is 8.37. The van der Waals surface area contributed by atoms with E-state index in [4.69, 9.17) is 9.26 Å². The van der Waals surface area contributed by atoms with Crippen LogP contribution in [0.5, 0.6) is 0 Å². The smallest absolute Gasteiger partial charge is 0.313 e. The molecule has 2 heterocycles. The van der Waals surface area contributed by atoms with E-state index in [0.29, 0.717) is 17.9 Å². The lowest BCUT2D eigenvalue weighted by molar-refractivity contribution is -0.147. The minimum absolute atomic E-state index is 0.122. The fraction of sp³-hybridized carbons (Fsp3) is 0.222. The SMILES string of the molecule is CC[C@@H](C(=O)OCc1cc(-c2cccs2)on1)c1ccccc1. The van der Waals surface area contributed by atoms with Crippen LogP contribution >= 0.6 is 11.3 Å². The van der Waals surface area contributed by atoms with Gasteiger partial charge in [-0.05, 0) is 23.4 Å². The van der Waals surface area contributed by atoms with Crippen molar-refractivity contribution in [3.63, 3.8) is 0 Å². The molecule has 0 radical (unpaired) electrons. The Kier molecular flexibility index (Phi) is 4.88. The second-order valence-corrected chi connectivity index (χ2v) is 6.09. The number of carbonyl (C=O) groups is 1. The molecule has 1 atom stereocenters. The third-order valence-corrected chi connectivity index (χ3v) is 4.46. The molecule has 4 nitrogen and oxygen atoms in total. The van der Waals surface area contributed by atoms with E-state index in [2.05, 4.69) is 5.16 Å². The summed E-state index contributed by atoms with van der Waals surface area (Å²) in [5.41, 5.74) is 1.59. The topological polar surface area (TPSA) is 52.3 Å². The van der Waals surface area contributed by atoms with Crippen LogP contribution in [0.4, 0.5) is 0 Å². The summed E-state index contributed by atoms with van der Waals surface area (Å²) >= 11 is 1.58. The average Bonchev–Trinajstić information content (AvgIpc) is 3.26. The van der Waals surface area contributed by atoms with E-state index in [1.54, 1.807) is 11.3 Å². The number of rotatable bonds is 6. The van der Waals surface area contributed by atoms with Crippen LogP contribution in [0.2, 0.25) is 0 Å². The fourth-order valence-electron chi connectivity index (χ4n) is 2.38. The highest BCUT2D eigenvalue weighted by atomic mass is 32.1. The minimum atomic E-state index is -0.250. The van der Waals surface area contributed by atoms with Crippen molar-refractivity contribution in [1.29, 1.82) is 0 Å². The predicted octanol–water partition coefficient (Wildman–Crippen LogP) is 4.64. The van der Waals surface area contributed by atoms with E-state index in [9.17, 15) is 4.79 Å². The maximum absolute atomic E-state index is 12.3. The highest BCUT2D eigenvalue weighted by Crippen LogP contribution is 2.26. The molecule has 3 rings (SSSR count). The summed E-state index contributed by atoms with van der Waals surface area (Å²) in [5, 5.41) is 5.93. The monoisotopic (exact) mass is 327 g/mol. The first kappa shape index (κ1) is 15.5. The molecule has 0 fully saturated rings. The molecule has 0 aliphatic heterocycles. The number of hydrogen-bond acceptors (Lipinski definition) is 5. The van der Waals surface area contributed by atoms with E-state index in [1.165, 1.54) is 0 Å². The van der Waals surface area contributed by atoms with Crippen LogP contribution in [0.1, 0.15) is 30.5 Å². The highest BCUT2D eigenvalue weighted by molar-refractivity contribution is 7.13. The van der Waals surface area contributed by atoms with Gasteiger partial charge in [0.25, 0.3) is 0 Å². The molecule has 0 bridgehead atoms. The zero-order chi connectivity index (χ0) is 16.1. The normalized spacial score (nSPS) is 12.0. The first-order chi connectivity index (χ1) is 11.3. The Labute approximate surface area is 138 Å². The molecule has 0 saturated carbocycles. The van der Waals surface area contributed by atoms with Crippen LogP contribution in [-0.2, 0) is 16.1 Å². The van der Waals surface area contributed by atoms with Gasteiger partial charge >= 0.3 is 5.97 Å². The number of esters is 1. The van der Waals surface area contributed by atoms with Crippen molar-refractivity contribution in [2.45, 2.75) is 25.9 Å². The van der Waals surface area contributed by atoms with Crippen LogP contribution in [0.3, 0.4) is 0 Å². The zero-order valence-electron chi connectivity index (χ0n) is 12.8. The number of ether oxygens (including phenoxy) is 1. The van der Waals surface area contributed by atoms with Crippen molar-refractivity contribution < 1.29 is 14.1 Å². The molecule has 23 heavy (non-hydrogen) atoms. The Morgan fingerprint density at radius 3 is 2.78 bits per heavy atom. The maximum atomic E-state index is 12.3. The molecule has 0 amide bonds. The molecular weight excluding hydrogens is 310 g/mol. The Morgan fingerprint density at radius 1 is 1.26 bits per heavy atom. The Morgan fingerprint density at radius 2 is 2.09 bits per heavy atom. The van der Waals surface area contributed by atoms with Crippen molar-refractivity contribution >= 4 is 17.3 Å². The van der Waals surface area contributed by atoms with Gasteiger partial charge in [0, 0.05) is 6.07 Å². The van der Waals surface area contributed by atoms with Crippen molar-refractivity contribution in [3.05, 3.63) is 65.2 Å². The van der Waals surface area contributed by atoms with Crippen LogP contribution in [-0.4, -0.2) is 11.1 Å². The van der Waals surface area contributed by atoms with E-state index < -0.39 is 0 Å². The maximum Gasteiger partial charge on any atom is 0.313 e. The highest BCUT2D eigenvalue weighted by Gasteiger charge is 2.20. The predicted molar refractivity (Wildman–Crippen MR) is 89.1 cm³/mol. The summed E-state index contributed by atoms with van der Waals surface area (Å²) in [7, 11) is 0. The van der Waals surface area contributed by atoms with Crippen LogP contribution in [0.25, 0.3) is 10.6 Å². The molecule has 3 aromatic rings. The molecule has 0 aliphatic carbocycles. The lowest BCUT2D eigenvalue weighted by atomic mass is 9.97. The summed E-state index contributed by atoms with van der Waals surface area (Å²) in [6.07, 6.45) is 0.697. The Hall–Kier alpha value is -2.40. The van der Waals surface area contributed by atoms with Crippen molar-refractivity contribution in [2.24, 2.45) is 0 Å². The first-order valence-electron chi connectivity index (χ1n) is 7.49. The molecule has 5 heteroatoms. The Bertz CT molecular complexity index is 750. The standard InChI is InChI=1S/C18H17NO3S/c1-2-15(13-7-4-3-5-8-13)18(20)21-12-14-11-16(22-19-14)17-9-6-10-23-17/h3-11,15H,2,12H2,1H3/t15-/m1/s1. The lowest BCUT2D eigenvalue weighted by Gasteiger charge is -2.13. The second kappa shape index (κ2) is 7.24. The largest absolute Gasteiger partial charge is 0.459 e. The van der Waals surface area contributed by atoms with Gasteiger partial charge < -0.3 is 9.26 Å². The molecule has 0 aliphatic rings. The zero-order valence-corrected chi connectivity index (χ0v) is 13.6. The molecule has 1 aromatic carbocycles. The van der Waals surface area contributed by atoms with Gasteiger partial charge in [0.05, 0.1) is 10.8 Å². The van der Waals surface area contributed by atoms with Crippen molar-refractivity contribution in [2.75, 3.05) is 0 Å². The number of hydrogen-bond donors (Lipinski definition) is 0. The fourth-order valence-corrected chi connectivity index (χ4v) is 3.06. The van der Waals surface area contributed by atoms with Gasteiger partial charge in [0.1, 0.15) is 12.3 Å². The minimum Gasteiger partial charge on any atom is -0.459 e. The number of nitrogens with zero attached hydrogens (tertiary/aromatic N) is 1.